The van der Waals surface area contributed by atoms with E-state index in [2.05, 4.69) is 13.8 Å². The molecule has 0 aromatic heterocycles. The Morgan fingerprint density at radius 1 is 1.04 bits per heavy atom. The first-order chi connectivity index (χ1) is 12.9. The maximum absolute atomic E-state index is 13.2. The quantitative estimate of drug-likeness (QED) is 0.679. The Labute approximate surface area is 163 Å². The molecule has 0 radical (unpaired) electrons. The van der Waals surface area contributed by atoms with E-state index in [-0.39, 0.29) is 34.6 Å². The summed E-state index contributed by atoms with van der Waals surface area (Å²) in [5.74, 6) is 1.39. The molecule has 0 amide bonds. The smallest absolute Gasteiger partial charge is 0.159 e. The minimum Gasteiger partial charge on any atom is -0.379 e. The van der Waals surface area contributed by atoms with E-state index in [0.717, 1.165) is 45.1 Å². The lowest BCUT2D eigenvalue weighted by atomic mass is 9.48. The Hall–Kier alpha value is -1.00. The molecule has 4 aliphatic rings. The van der Waals surface area contributed by atoms with Crippen LogP contribution < -0.4 is 0 Å². The van der Waals surface area contributed by atoms with E-state index in [4.69, 9.17) is 9.47 Å². The molecule has 4 rings (SSSR count). The van der Waals surface area contributed by atoms with Gasteiger partial charge in [-0.15, -0.1) is 0 Å². The first kappa shape index (κ1) is 19.3. The van der Waals surface area contributed by atoms with E-state index in [0.29, 0.717) is 31.3 Å². The first-order valence-electron chi connectivity index (χ1n) is 10.9. The highest BCUT2D eigenvalue weighted by Gasteiger charge is 2.60. The second-order valence-electron chi connectivity index (χ2n) is 9.58. The lowest BCUT2D eigenvalue weighted by Crippen LogP contribution is -2.53. The van der Waals surface area contributed by atoms with E-state index in [1.807, 2.05) is 13.0 Å². The average molecular weight is 375 g/mol. The molecular formula is C23H34O4. The minimum atomic E-state index is -0.252. The fraction of sp³-hybridized carbons (Fsp3) is 0.826. The number of fused-ring (bicyclic) bond motifs is 5. The molecule has 4 aliphatic carbocycles. The van der Waals surface area contributed by atoms with Crippen molar-refractivity contribution in [3.63, 3.8) is 0 Å². The van der Waals surface area contributed by atoms with Crippen LogP contribution >= 0.6 is 0 Å². The van der Waals surface area contributed by atoms with Crippen LogP contribution in [0.25, 0.3) is 0 Å². The van der Waals surface area contributed by atoms with Crippen molar-refractivity contribution in [2.24, 2.45) is 28.6 Å². The summed E-state index contributed by atoms with van der Waals surface area (Å²) in [5, 5.41) is 0. The van der Waals surface area contributed by atoms with Crippen LogP contribution in [0.15, 0.2) is 11.6 Å². The van der Waals surface area contributed by atoms with Gasteiger partial charge in [0.1, 0.15) is 5.78 Å². The third kappa shape index (κ3) is 3.04. The zero-order chi connectivity index (χ0) is 19.2. The van der Waals surface area contributed by atoms with Gasteiger partial charge in [0.05, 0.1) is 19.3 Å². The fourth-order valence-electron chi connectivity index (χ4n) is 6.70. The van der Waals surface area contributed by atoms with Crippen molar-refractivity contribution in [3.8, 4) is 0 Å². The summed E-state index contributed by atoms with van der Waals surface area (Å²) in [6, 6.07) is 0. The fourth-order valence-corrected chi connectivity index (χ4v) is 6.70. The maximum Gasteiger partial charge on any atom is 0.159 e. The summed E-state index contributed by atoms with van der Waals surface area (Å²) < 4.78 is 11.4. The van der Waals surface area contributed by atoms with Crippen molar-refractivity contribution in [2.75, 3.05) is 19.8 Å². The van der Waals surface area contributed by atoms with Gasteiger partial charge in [0.2, 0.25) is 0 Å². The molecule has 0 aromatic carbocycles. The molecule has 4 nitrogen and oxygen atoms in total. The third-order valence-corrected chi connectivity index (χ3v) is 8.39. The number of carbonyl (C=O) groups is 2. The Morgan fingerprint density at radius 3 is 2.56 bits per heavy atom. The van der Waals surface area contributed by atoms with E-state index < -0.39 is 0 Å². The van der Waals surface area contributed by atoms with Gasteiger partial charge in [-0.3, -0.25) is 9.59 Å². The van der Waals surface area contributed by atoms with E-state index in [9.17, 15) is 9.59 Å². The van der Waals surface area contributed by atoms with Gasteiger partial charge in [0.15, 0.2) is 5.78 Å². The predicted octanol–water partition coefficient (Wildman–Crippen LogP) is 4.12. The number of ketones is 2. The highest BCUT2D eigenvalue weighted by Crippen LogP contribution is 2.63. The lowest BCUT2D eigenvalue weighted by Gasteiger charge is -2.56. The van der Waals surface area contributed by atoms with Crippen LogP contribution in [0.4, 0.5) is 0 Å². The molecule has 27 heavy (non-hydrogen) atoms. The minimum absolute atomic E-state index is 0.0550. The summed E-state index contributed by atoms with van der Waals surface area (Å²) in [6.07, 6.45) is 8.72. The highest BCUT2D eigenvalue weighted by molar-refractivity contribution is 5.96. The van der Waals surface area contributed by atoms with Gasteiger partial charge in [0.25, 0.3) is 0 Å². The topological polar surface area (TPSA) is 52.6 Å². The van der Waals surface area contributed by atoms with Crippen molar-refractivity contribution in [1.82, 2.24) is 0 Å². The van der Waals surface area contributed by atoms with Crippen molar-refractivity contribution < 1.29 is 19.1 Å². The Balaban J connectivity index is 1.53. The number of carbonyl (C=O) groups excluding carboxylic acids is 2. The second-order valence-corrected chi connectivity index (χ2v) is 9.58. The van der Waals surface area contributed by atoms with E-state index >= 15 is 0 Å². The first-order valence-corrected chi connectivity index (χ1v) is 10.9. The zero-order valence-electron chi connectivity index (χ0n) is 17.1. The van der Waals surface area contributed by atoms with E-state index in [1.165, 1.54) is 5.57 Å². The summed E-state index contributed by atoms with van der Waals surface area (Å²) in [7, 11) is 0. The molecule has 0 N–H and O–H groups in total. The third-order valence-electron chi connectivity index (χ3n) is 8.39. The van der Waals surface area contributed by atoms with Crippen LogP contribution in [-0.2, 0) is 19.1 Å². The molecule has 150 valence electrons. The molecule has 3 fully saturated rings. The molecule has 6 atom stereocenters. The van der Waals surface area contributed by atoms with Crippen LogP contribution in [-0.4, -0.2) is 37.5 Å². The van der Waals surface area contributed by atoms with Crippen LogP contribution in [0.2, 0.25) is 0 Å². The number of rotatable bonds is 5. The summed E-state index contributed by atoms with van der Waals surface area (Å²) >= 11 is 0. The molecule has 4 heteroatoms. The summed E-state index contributed by atoms with van der Waals surface area (Å²) in [6.45, 7) is 8.48. The molecule has 0 saturated heterocycles. The lowest BCUT2D eigenvalue weighted by molar-refractivity contribution is -0.140. The molecule has 3 unspecified atom stereocenters. The van der Waals surface area contributed by atoms with Gasteiger partial charge in [0, 0.05) is 24.4 Å². The second kappa shape index (κ2) is 7.11. The Bertz CT molecular complexity index is 653. The average Bonchev–Trinajstić information content (AvgIpc) is 2.95. The van der Waals surface area contributed by atoms with Gasteiger partial charge < -0.3 is 9.47 Å². The molecule has 0 spiro atoms. The van der Waals surface area contributed by atoms with Crippen LogP contribution in [0.5, 0.6) is 0 Å². The largest absolute Gasteiger partial charge is 0.379 e. The monoisotopic (exact) mass is 374 g/mol. The van der Waals surface area contributed by atoms with Crippen molar-refractivity contribution in [1.29, 1.82) is 0 Å². The van der Waals surface area contributed by atoms with Gasteiger partial charge in [-0.05, 0) is 68.8 Å². The molecule has 0 aromatic rings. The van der Waals surface area contributed by atoms with Crippen LogP contribution in [0.3, 0.4) is 0 Å². The Morgan fingerprint density at radius 2 is 1.78 bits per heavy atom. The molecule has 0 aliphatic heterocycles. The van der Waals surface area contributed by atoms with Crippen molar-refractivity contribution in [2.45, 2.75) is 71.8 Å². The van der Waals surface area contributed by atoms with Crippen molar-refractivity contribution in [3.05, 3.63) is 11.6 Å². The highest BCUT2D eigenvalue weighted by atomic mass is 16.5. The molecule has 0 heterocycles. The van der Waals surface area contributed by atoms with Crippen LogP contribution in [0, 0.1) is 28.6 Å². The normalized spacial score (nSPS) is 43.7. The standard InChI is InChI=1S/C23H34O4/c1-4-26-11-12-27-16-7-9-22(2)15(13-16)14-19(24)21-17-5-6-20(25)23(17,3)10-8-18(21)22/h14,16-18,21H,4-13H2,1-3H3/t16-,17?,18?,21?,22-,23-/m0/s1. The number of hydrogen-bond donors (Lipinski definition) is 0. The summed E-state index contributed by atoms with van der Waals surface area (Å²) in [4.78, 5) is 25.7. The number of allylic oxidation sites excluding steroid dienone is 1. The van der Waals surface area contributed by atoms with Crippen LogP contribution in [0.1, 0.15) is 65.7 Å². The predicted molar refractivity (Wildman–Crippen MR) is 103 cm³/mol. The van der Waals surface area contributed by atoms with Gasteiger partial charge >= 0.3 is 0 Å². The molecular weight excluding hydrogens is 340 g/mol. The SMILES string of the molecule is CCOCCO[C@H]1CC[C@@]2(C)C(=CC(=O)C3C2CC[C@]2(C)C(=O)CCC32)C1. The number of ether oxygens (including phenoxy) is 2. The van der Waals surface area contributed by atoms with Gasteiger partial charge in [-0.25, -0.2) is 0 Å². The van der Waals surface area contributed by atoms with E-state index in [1.54, 1.807) is 0 Å². The maximum atomic E-state index is 13.2. The van der Waals surface area contributed by atoms with Gasteiger partial charge in [-0.1, -0.05) is 19.4 Å². The zero-order valence-corrected chi connectivity index (χ0v) is 17.1. The molecule has 0 bridgehead atoms. The van der Waals surface area contributed by atoms with Crippen molar-refractivity contribution >= 4 is 11.6 Å². The van der Waals surface area contributed by atoms with Gasteiger partial charge in [-0.2, -0.15) is 0 Å². The number of Topliss-reactive ketones (excluding diaryl/α,β-unsaturated/α-hetero) is 1. The Kier molecular flexibility index (Phi) is 5.09. The summed E-state index contributed by atoms with van der Waals surface area (Å²) in [5.41, 5.74) is 1.15. The molecule has 3 saturated carbocycles. The number of hydrogen-bond acceptors (Lipinski definition) is 4.